The molecule has 0 saturated carbocycles. The van der Waals surface area contributed by atoms with Crippen molar-refractivity contribution < 1.29 is 14.3 Å². The van der Waals surface area contributed by atoms with Gasteiger partial charge in [-0.15, -0.1) is 0 Å². The number of aromatic nitrogens is 2. The van der Waals surface area contributed by atoms with E-state index in [-0.39, 0.29) is 17.1 Å². The predicted octanol–water partition coefficient (Wildman–Crippen LogP) is 2.08. The van der Waals surface area contributed by atoms with E-state index in [0.717, 1.165) is 0 Å². The molecule has 1 aromatic heterocycles. The van der Waals surface area contributed by atoms with Gasteiger partial charge in [-0.3, -0.25) is 0 Å². The molecule has 92 valence electrons. The summed E-state index contributed by atoms with van der Waals surface area (Å²) < 4.78 is 13.6. The summed E-state index contributed by atoms with van der Waals surface area (Å²) in [6, 6.07) is 6.07. The van der Waals surface area contributed by atoms with Gasteiger partial charge in [0, 0.05) is 13.2 Å². The first-order valence-corrected chi connectivity index (χ1v) is 5.13. The molecular weight excluding hydrogens is 237 g/mol. The number of aromatic carboxylic acids is 1. The molecule has 1 N–H and O–H groups in total. The van der Waals surface area contributed by atoms with Crippen LogP contribution < -0.4 is 4.90 Å². The molecule has 0 aliphatic rings. The molecule has 0 unspecified atom stereocenters. The van der Waals surface area contributed by atoms with Crippen LogP contribution in [-0.2, 0) is 0 Å². The van der Waals surface area contributed by atoms with Crippen LogP contribution in [0.15, 0.2) is 36.8 Å². The highest BCUT2D eigenvalue weighted by molar-refractivity contribution is 5.93. The zero-order valence-corrected chi connectivity index (χ0v) is 9.54. The third-order valence-corrected chi connectivity index (χ3v) is 2.45. The SMILES string of the molecule is CN(c1ccccc1F)c1ncncc1C(=O)O. The largest absolute Gasteiger partial charge is 0.477 e. The van der Waals surface area contributed by atoms with Crippen molar-refractivity contribution in [3.8, 4) is 0 Å². The Morgan fingerprint density at radius 3 is 2.78 bits per heavy atom. The Morgan fingerprint density at radius 2 is 2.11 bits per heavy atom. The minimum absolute atomic E-state index is 0.0803. The molecular formula is C12H10FN3O2. The van der Waals surface area contributed by atoms with Gasteiger partial charge in [-0.1, -0.05) is 12.1 Å². The first kappa shape index (κ1) is 12.0. The maximum atomic E-state index is 13.6. The number of nitrogens with zero attached hydrogens (tertiary/aromatic N) is 3. The van der Waals surface area contributed by atoms with E-state index >= 15 is 0 Å². The van der Waals surface area contributed by atoms with Crippen molar-refractivity contribution in [1.82, 2.24) is 9.97 Å². The van der Waals surface area contributed by atoms with Gasteiger partial charge in [0.25, 0.3) is 0 Å². The van der Waals surface area contributed by atoms with Crippen LogP contribution >= 0.6 is 0 Å². The summed E-state index contributed by atoms with van der Waals surface area (Å²) in [6.07, 6.45) is 2.40. The van der Waals surface area contributed by atoms with Crippen molar-refractivity contribution >= 4 is 17.5 Å². The van der Waals surface area contributed by atoms with Gasteiger partial charge in [0.05, 0.1) is 5.69 Å². The van der Waals surface area contributed by atoms with Gasteiger partial charge in [-0.05, 0) is 12.1 Å². The number of rotatable bonds is 3. The first-order valence-electron chi connectivity index (χ1n) is 5.13. The van der Waals surface area contributed by atoms with Crippen molar-refractivity contribution in [2.24, 2.45) is 0 Å². The van der Waals surface area contributed by atoms with Crippen molar-refractivity contribution in [2.45, 2.75) is 0 Å². The molecule has 0 radical (unpaired) electrons. The Kier molecular flexibility index (Phi) is 3.18. The lowest BCUT2D eigenvalue weighted by molar-refractivity contribution is 0.0697. The van der Waals surface area contributed by atoms with E-state index in [1.807, 2.05) is 0 Å². The molecule has 0 spiro atoms. The predicted molar refractivity (Wildman–Crippen MR) is 63.5 cm³/mol. The monoisotopic (exact) mass is 247 g/mol. The van der Waals surface area contributed by atoms with Crippen LogP contribution in [0.4, 0.5) is 15.9 Å². The quantitative estimate of drug-likeness (QED) is 0.899. The van der Waals surface area contributed by atoms with Gasteiger partial charge in [-0.25, -0.2) is 19.2 Å². The number of anilines is 2. The van der Waals surface area contributed by atoms with E-state index in [2.05, 4.69) is 9.97 Å². The minimum atomic E-state index is -1.16. The lowest BCUT2D eigenvalue weighted by atomic mass is 10.2. The number of hydrogen-bond acceptors (Lipinski definition) is 4. The average Bonchev–Trinajstić information content (AvgIpc) is 2.38. The van der Waals surface area contributed by atoms with Crippen LogP contribution in [0.5, 0.6) is 0 Å². The number of carboxylic acid groups (broad SMARTS) is 1. The molecule has 0 atom stereocenters. The molecule has 5 nitrogen and oxygen atoms in total. The summed E-state index contributed by atoms with van der Waals surface area (Å²) in [7, 11) is 1.55. The standard InChI is InChI=1S/C12H10FN3O2/c1-16(10-5-3-2-4-9(10)13)11-8(12(17)18)6-14-7-15-11/h2-7H,1H3,(H,17,18). The number of para-hydroxylation sites is 1. The fourth-order valence-electron chi connectivity index (χ4n) is 1.58. The molecule has 0 bridgehead atoms. The fraction of sp³-hybridized carbons (Fsp3) is 0.0833. The summed E-state index contributed by atoms with van der Waals surface area (Å²) in [5.74, 6) is -1.47. The molecule has 2 aromatic rings. The van der Waals surface area contributed by atoms with E-state index in [4.69, 9.17) is 5.11 Å². The third-order valence-electron chi connectivity index (χ3n) is 2.45. The number of carboxylic acids is 1. The van der Waals surface area contributed by atoms with Crippen molar-refractivity contribution in [3.63, 3.8) is 0 Å². The topological polar surface area (TPSA) is 66.3 Å². The molecule has 1 aromatic carbocycles. The second-order valence-electron chi connectivity index (χ2n) is 3.58. The maximum absolute atomic E-state index is 13.6. The van der Waals surface area contributed by atoms with Gasteiger partial charge in [-0.2, -0.15) is 0 Å². The Bertz CT molecular complexity index is 589. The second kappa shape index (κ2) is 4.79. The Labute approximate surface area is 103 Å². The average molecular weight is 247 g/mol. The van der Waals surface area contributed by atoms with Gasteiger partial charge >= 0.3 is 5.97 Å². The highest BCUT2D eigenvalue weighted by Crippen LogP contribution is 2.26. The highest BCUT2D eigenvalue weighted by atomic mass is 19.1. The molecule has 0 fully saturated rings. The van der Waals surface area contributed by atoms with Crippen LogP contribution in [0.25, 0.3) is 0 Å². The van der Waals surface area contributed by atoms with Crippen LogP contribution in [0, 0.1) is 5.82 Å². The Morgan fingerprint density at radius 1 is 1.39 bits per heavy atom. The summed E-state index contributed by atoms with van der Waals surface area (Å²) in [6.45, 7) is 0. The van der Waals surface area contributed by atoms with Gasteiger partial charge in [0.2, 0.25) is 0 Å². The summed E-state index contributed by atoms with van der Waals surface area (Å²) in [4.78, 5) is 20.0. The molecule has 0 aliphatic heterocycles. The summed E-state index contributed by atoms with van der Waals surface area (Å²) in [5, 5.41) is 9.03. The van der Waals surface area contributed by atoms with Gasteiger partial charge < -0.3 is 10.0 Å². The lowest BCUT2D eigenvalue weighted by Crippen LogP contribution is -2.17. The van der Waals surface area contributed by atoms with Crippen molar-refractivity contribution in [3.05, 3.63) is 48.2 Å². The molecule has 2 rings (SSSR count). The van der Waals surface area contributed by atoms with Crippen molar-refractivity contribution in [2.75, 3.05) is 11.9 Å². The van der Waals surface area contributed by atoms with E-state index in [1.165, 1.54) is 23.5 Å². The fourth-order valence-corrected chi connectivity index (χ4v) is 1.58. The summed E-state index contributed by atoms with van der Waals surface area (Å²) >= 11 is 0. The zero-order valence-electron chi connectivity index (χ0n) is 9.54. The minimum Gasteiger partial charge on any atom is -0.477 e. The smallest absolute Gasteiger partial charge is 0.341 e. The van der Waals surface area contributed by atoms with Crippen molar-refractivity contribution in [1.29, 1.82) is 0 Å². The van der Waals surface area contributed by atoms with E-state index < -0.39 is 11.8 Å². The number of benzene rings is 1. The molecule has 18 heavy (non-hydrogen) atoms. The van der Waals surface area contributed by atoms with E-state index in [1.54, 1.807) is 25.2 Å². The number of carbonyl (C=O) groups is 1. The van der Waals surface area contributed by atoms with Crippen LogP contribution in [-0.4, -0.2) is 28.1 Å². The van der Waals surface area contributed by atoms with Gasteiger partial charge in [0.15, 0.2) is 5.82 Å². The molecule has 0 saturated heterocycles. The Hall–Kier alpha value is -2.50. The summed E-state index contributed by atoms with van der Waals surface area (Å²) in [5.41, 5.74) is 0.168. The Balaban J connectivity index is 2.50. The molecule has 1 heterocycles. The number of halogens is 1. The molecule has 6 heteroatoms. The van der Waals surface area contributed by atoms with Crippen LogP contribution in [0.1, 0.15) is 10.4 Å². The zero-order chi connectivity index (χ0) is 13.1. The third kappa shape index (κ3) is 2.13. The van der Waals surface area contributed by atoms with Crippen LogP contribution in [0.2, 0.25) is 0 Å². The molecule has 0 aliphatic carbocycles. The van der Waals surface area contributed by atoms with E-state index in [9.17, 15) is 9.18 Å². The first-order chi connectivity index (χ1) is 8.61. The number of hydrogen-bond donors (Lipinski definition) is 1. The molecule has 0 amide bonds. The van der Waals surface area contributed by atoms with Crippen LogP contribution in [0.3, 0.4) is 0 Å². The van der Waals surface area contributed by atoms with Gasteiger partial charge in [0.1, 0.15) is 17.7 Å². The van der Waals surface area contributed by atoms with E-state index in [0.29, 0.717) is 0 Å². The second-order valence-corrected chi connectivity index (χ2v) is 3.58. The lowest BCUT2D eigenvalue weighted by Gasteiger charge is -2.19. The normalized spacial score (nSPS) is 10.1. The maximum Gasteiger partial charge on any atom is 0.341 e. The highest BCUT2D eigenvalue weighted by Gasteiger charge is 2.17.